The molecule has 2 N–H and O–H groups in total. The molecule has 1 amide bonds. The van der Waals surface area contributed by atoms with E-state index in [2.05, 4.69) is 5.32 Å². The number of hydrogen-bond acceptors (Lipinski definition) is 3. The van der Waals surface area contributed by atoms with Crippen molar-refractivity contribution in [2.24, 2.45) is 0 Å². The number of rotatable bonds is 4. The largest absolute Gasteiger partial charge is 0.508 e. The first-order valence-electron chi connectivity index (χ1n) is 5.81. The number of phenolic OH excluding ortho intramolecular Hbond substituents is 1. The predicted octanol–water partition coefficient (Wildman–Crippen LogP) is 2.39. The lowest BCUT2D eigenvalue weighted by Gasteiger charge is -2.06. The number of nitrogens with one attached hydrogen (secondary N) is 1. The Bertz CT molecular complexity index is 591. The SMILES string of the molecule is O=Cc1ccc(NC(=O)Cc2ccccc2O)cc1. The quantitative estimate of drug-likeness (QED) is 0.824. The molecule has 2 aromatic carbocycles. The second kappa shape index (κ2) is 5.82. The third-order valence-electron chi connectivity index (χ3n) is 2.67. The van der Waals surface area contributed by atoms with E-state index in [0.29, 0.717) is 16.8 Å². The van der Waals surface area contributed by atoms with Gasteiger partial charge in [0.25, 0.3) is 0 Å². The van der Waals surface area contributed by atoms with Crippen molar-refractivity contribution in [3.05, 3.63) is 59.7 Å². The molecule has 0 aliphatic rings. The van der Waals surface area contributed by atoms with Crippen LogP contribution in [0.25, 0.3) is 0 Å². The van der Waals surface area contributed by atoms with Crippen molar-refractivity contribution in [2.45, 2.75) is 6.42 Å². The number of para-hydroxylation sites is 1. The highest BCUT2D eigenvalue weighted by atomic mass is 16.3. The van der Waals surface area contributed by atoms with Gasteiger partial charge in [-0.3, -0.25) is 9.59 Å². The molecule has 0 spiro atoms. The second-order valence-electron chi connectivity index (χ2n) is 4.09. The molecule has 4 heteroatoms. The zero-order valence-electron chi connectivity index (χ0n) is 10.2. The zero-order valence-corrected chi connectivity index (χ0v) is 10.2. The van der Waals surface area contributed by atoms with E-state index in [9.17, 15) is 14.7 Å². The molecule has 0 atom stereocenters. The minimum atomic E-state index is -0.222. The molecule has 0 aliphatic carbocycles. The number of anilines is 1. The molecule has 0 radical (unpaired) electrons. The topological polar surface area (TPSA) is 66.4 Å². The highest BCUT2D eigenvalue weighted by Gasteiger charge is 2.07. The van der Waals surface area contributed by atoms with E-state index in [4.69, 9.17) is 0 Å². The maximum Gasteiger partial charge on any atom is 0.228 e. The van der Waals surface area contributed by atoms with E-state index < -0.39 is 0 Å². The Morgan fingerprint density at radius 3 is 2.42 bits per heavy atom. The van der Waals surface area contributed by atoms with Gasteiger partial charge in [0, 0.05) is 16.8 Å². The van der Waals surface area contributed by atoms with Gasteiger partial charge >= 0.3 is 0 Å². The van der Waals surface area contributed by atoms with Crippen LogP contribution in [0.15, 0.2) is 48.5 Å². The van der Waals surface area contributed by atoms with Crippen LogP contribution < -0.4 is 5.32 Å². The monoisotopic (exact) mass is 255 g/mol. The number of aldehydes is 1. The van der Waals surface area contributed by atoms with Gasteiger partial charge in [0.15, 0.2) is 0 Å². The minimum Gasteiger partial charge on any atom is -0.508 e. The summed E-state index contributed by atoms with van der Waals surface area (Å²) >= 11 is 0. The fourth-order valence-corrected chi connectivity index (χ4v) is 1.68. The smallest absolute Gasteiger partial charge is 0.228 e. The molecule has 0 heterocycles. The summed E-state index contributed by atoms with van der Waals surface area (Å²) in [5, 5.41) is 12.3. The van der Waals surface area contributed by atoms with Gasteiger partial charge in [-0.1, -0.05) is 18.2 Å². The van der Waals surface area contributed by atoms with Gasteiger partial charge < -0.3 is 10.4 Å². The Hall–Kier alpha value is -2.62. The Kier molecular flexibility index (Phi) is 3.93. The fraction of sp³-hybridized carbons (Fsp3) is 0.0667. The zero-order chi connectivity index (χ0) is 13.7. The van der Waals surface area contributed by atoms with Crippen molar-refractivity contribution in [1.29, 1.82) is 0 Å². The molecule has 2 aromatic rings. The number of hydrogen-bond donors (Lipinski definition) is 2. The van der Waals surface area contributed by atoms with Crippen LogP contribution in [0.4, 0.5) is 5.69 Å². The molecule has 19 heavy (non-hydrogen) atoms. The van der Waals surface area contributed by atoms with Crippen molar-refractivity contribution < 1.29 is 14.7 Å². The molecular formula is C15H13NO3. The van der Waals surface area contributed by atoms with Crippen LogP contribution in [0.3, 0.4) is 0 Å². The lowest BCUT2D eigenvalue weighted by atomic mass is 10.1. The molecule has 0 aromatic heterocycles. The maximum absolute atomic E-state index is 11.8. The van der Waals surface area contributed by atoms with Crippen molar-refractivity contribution in [2.75, 3.05) is 5.32 Å². The highest BCUT2D eigenvalue weighted by Crippen LogP contribution is 2.17. The lowest BCUT2D eigenvalue weighted by Crippen LogP contribution is -2.14. The molecule has 0 saturated carbocycles. The molecule has 2 rings (SSSR count). The van der Waals surface area contributed by atoms with Gasteiger partial charge in [-0.15, -0.1) is 0 Å². The molecule has 0 aliphatic heterocycles. The molecule has 4 nitrogen and oxygen atoms in total. The predicted molar refractivity (Wildman–Crippen MR) is 72.3 cm³/mol. The van der Waals surface area contributed by atoms with E-state index in [1.165, 1.54) is 0 Å². The first kappa shape index (κ1) is 12.8. The van der Waals surface area contributed by atoms with Crippen LogP contribution in [-0.4, -0.2) is 17.3 Å². The van der Waals surface area contributed by atoms with Crippen LogP contribution in [0.1, 0.15) is 15.9 Å². The summed E-state index contributed by atoms with van der Waals surface area (Å²) < 4.78 is 0. The normalized spacial score (nSPS) is 9.89. The number of carbonyl (C=O) groups is 2. The summed E-state index contributed by atoms with van der Waals surface area (Å²) in [7, 11) is 0. The van der Waals surface area contributed by atoms with Crippen molar-refractivity contribution in [3.8, 4) is 5.75 Å². The second-order valence-corrected chi connectivity index (χ2v) is 4.09. The Labute approximate surface area is 110 Å². The van der Waals surface area contributed by atoms with E-state index in [0.717, 1.165) is 6.29 Å². The van der Waals surface area contributed by atoms with E-state index in [-0.39, 0.29) is 18.1 Å². The third kappa shape index (κ3) is 3.42. The molecule has 96 valence electrons. The summed E-state index contributed by atoms with van der Waals surface area (Å²) in [6, 6.07) is 13.3. The van der Waals surface area contributed by atoms with Gasteiger partial charge in [0.05, 0.1) is 6.42 Å². The molecule has 0 unspecified atom stereocenters. The van der Waals surface area contributed by atoms with Crippen molar-refractivity contribution in [1.82, 2.24) is 0 Å². The van der Waals surface area contributed by atoms with Crippen LogP contribution in [0.2, 0.25) is 0 Å². The number of phenols is 1. The average molecular weight is 255 g/mol. The van der Waals surface area contributed by atoms with Crippen LogP contribution in [0.5, 0.6) is 5.75 Å². The molecule has 0 saturated heterocycles. The number of carbonyl (C=O) groups excluding carboxylic acids is 2. The Balaban J connectivity index is 2.01. The van der Waals surface area contributed by atoms with Gasteiger partial charge in [-0.05, 0) is 30.3 Å². The van der Waals surface area contributed by atoms with Crippen LogP contribution >= 0.6 is 0 Å². The minimum absolute atomic E-state index is 0.0993. The summed E-state index contributed by atoms with van der Waals surface area (Å²) in [5.41, 5.74) is 1.74. The third-order valence-corrected chi connectivity index (χ3v) is 2.67. The van der Waals surface area contributed by atoms with Gasteiger partial charge in [0.1, 0.15) is 12.0 Å². The van der Waals surface area contributed by atoms with Gasteiger partial charge in [-0.25, -0.2) is 0 Å². The van der Waals surface area contributed by atoms with E-state index in [1.54, 1.807) is 48.5 Å². The first-order valence-corrected chi connectivity index (χ1v) is 5.81. The molecule has 0 fully saturated rings. The van der Waals surface area contributed by atoms with Crippen LogP contribution in [0, 0.1) is 0 Å². The van der Waals surface area contributed by atoms with Crippen LogP contribution in [-0.2, 0) is 11.2 Å². The summed E-state index contributed by atoms with van der Waals surface area (Å²) in [6.45, 7) is 0. The van der Waals surface area contributed by atoms with Crippen molar-refractivity contribution in [3.63, 3.8) is 0 Å². The highest BCUT2D eigenvalue weighted by molar-refractivity contribution is 5.92. The first-order chi connectivity index (χ1) is 9.19. The number of amides is 1. The summed E-state index contributed by atoms with van der Waals surface area (Å²) in [4.78, 5) is 22.3. The Morgan fingerprint density at radius 2 is 1.79 bits per heavy atom. The number of aromatic hydroxyl groups is 1. The van der Waals surface area contributed by atoms with Gasteiger partial charge in [0.2, 0.25) is 5.91 Å². The lowest BCUT2D eigenvalue weighted by molar-refractivity contribution is -0.115. The summed E-state index contributed by atoms with van der Waals surface area (Å²) in [5.74, 6) is -0.116. The fourth-order valence-electron chi connectivity index (χ4n) is 1.68. The molecule has 0 bridgehead atoms. The van der Waals surface area contributed by atoms with E-state index in [1.807, 2.05) is 0 Å². The Morgan fingerprint density at radius 1 is 1.11 bits per heavy atom. The van der Waals surface area contributed by atoms with Crippen molar-refractivity contribution >= 4 is 17.9 Å². The molecular weight excluding hydrogens is 242 g/mol. The van der Waals surface area contributed by atoms with Gasteiger partial charge in [-0.2, -0.15) is 0 Å². The standard InChI is InChI=1S/C15H13NO3/c17-10-11-5-7-13(8-6-11)16-15(19)9-12-3-1-2-4-14(12)18/h1-8,10,18H,9H2,(H,16,19). The van der Waals surface area contributed by atoms with E-state index >= 15 is 0 Å². The maximum atomic E-state index is 11.8. The summed E-state index contributed by atoms with van der Waals surface area (Å²) in [6.07, 6.45) is 0.843. The number of benzene rings is 2. The average Bonchev–Trinajstić information content (AvgIpc) is 2.42.